The minimum absolute atomic E-state index is 0.412. The van der Waals surface area contributed by atoms with Gasteiger partial charge in [-0.2, -0.15) is 9.97 Å². The van der Waals surface area contributed by atoms with Gasteiger partial charge in [-0.05, 0) is 42.6 Å². The SMILES string of the molecule is CNc1cc(NC2CCC(C(C)(C)C)CC2)nc(N2CCN(Cc3ccccc3)CC2)n1. The van der Waals surface area contributed by atoms with E-state index in [-0.39, 0.29) is 0 Å². The molecule has 0 bridgehead atoms. The molecule has 2 aromatic rings. The van der Waals surface area contributed by atoms with E-state index in [4.69, 9.17) is 9.97 Å². The predicted molar refractivity (Wildman–Crippen MR) is 134 cm³/mol. The first-order valence-corrected chi connectivity index (χ1v) is 12.3. The molecule has 1 aromatic heterocycles. The Hall–Kier alpha value is -2.34. The van der Waals surface area contributed by atoms with Gasteiger partial charge in [0.05, 0.1) is 0 Å². The fourth-order valence-electron chi connectivity index (χ4n) is 5.04. The van der Waals surface area contributed by atoms with Gasteiger partial charge in [-0.3, -0.25) is 4.90 Å². The minimum Gasteiger partial charge on any atom is -0.373 e. The standard InChI is InChI=1S/C26H40N6/c1-26(2,3)21-10-12-22(13-11-21)28-24-18-23(27-4)29-25(30-24)32-16-14-31(15-17-32)19-20-8-6-5-7-9-20/h5-9,18,21-22H,10-17,19H2,1-4H3,(H2,27,28,29,30). The topological polar surface area (TPSA) is 56.3 Å². The van der Waals surface area contributed by atoms with Gasteiger partial charge in [-0.15, -0.1) is 0 Å². The molecule has 4 rings (SSSR count). The van der Waals surface area contributed by atoms with Gasteiger partial charge in [0.2, 0.25) is 5.95 Å². The monoisotopic (exact) mass is 436 g/mol. The quantitative estimate of drug-likeness (QED) is 0.675. The first-order chi connectivity index (χ1) is 15.4. The molecule has 2 fully saturated rings. The summed E-state index contributed by atoms with van der Waals surface area (Å²) in [5, 5.41) is 6.94. The van der Waals surface area contributed by atoms with Crippen LogP contribution in [0.15, 0.2) is 36.4 Å². The summed E-state index contributed by atoms with van der Waals surface area (Å²) in [6.45, 7) is 12.1. The molecule has 0 unspecified atom stereocenters. The van der Waals surface area contributed by atoms with E-state index >= 15 is 0 Å². The third kappa shape index (κ3) is 5.91. The first-order valence-electron chi connectivity index (χ1n) is 12.3. The second-order valence-corrected chi connectivity index (χ2v) is 10.5. The van der Waals surface area contributed by atoms with Crippen molar-refractivity contribution in [2.45, 2.75) is 59.0 Å². The summed E-state index contributed by atoms with van der Waals surface area (Å²) in [7, 11) is 1.93. The number of aromatic nitrogens is 2. The average Bonchev–Trinajstić information content (AvgIpc) is 2.80. The van der Waals surface area contributed by atoms with Gasteiger partial charge >= 0.3 is 0 Å². The summed E-state index contributed by atoms with van der Waals surface area (Å²) >= 11 is 0. The molecule has 1 aliphatic heterocycles. The number of hydrogen-bond donors (Lipinski definition) is 2. The summed E-state index contributed by atoms with van der Waals surface area (Å²) in [4.78, 5) is 14.5. The number of nitrogens with one attached hydrogen (secondary N) is 2. The number of rotatable bonds is 6. The molecule has 6 nitrogen and oxygen atoms in total. The molecule has 1 aromatic carbocycles. The fraction of sp³-hybridized carbons (Fsp3) is 0.615. The molecule has 1 saturated heterocycles. The molecule has 6 heteroatoms. The number of benzene rings is 1. The minimum atomic E-state index is 0.412. The molecule has 0 spiro atoms. The highest BCUT2D eigenvalue weighted by molar-refractivity contribution is 5.53. The number of nitrogens with zero attached hydrogens (tertiary/aromatic N) is 4. The maximum atomic E-state index is 4.92. The van der Waals surface area contributed by atoms with Gasteiger partial charge in [0.15, 0.2) is 0 Å². The highest BCUT2D eigenvalue weighted by Gasteiger charge is 2.30. The van der Waals surface area contributed by atoms with Crippen LogP contribution in [-0.2, 0) is 6.54 Å². The van der Waals surface area contributed by atoms with Crippen LogP contribution < -0.4 is 15.5 Å². The van der Waals surface area contributed by atoms with E-state index in [0.29, 0.717) is 11.5 Å². The molecule has 2 N–H and O–H groups in total. The Morgan fingerprint density at radius 1 is 0.906 bits per heavy atom. The zero-order chi connectivity index (χ0) is 22.6. The molecule has 32 heavy (non-hydrogen) atoms. The van der Waals surface area contributed by atoms with Crippen molar-refractivity contribution in [3.63, 3.8) is 0 Å². The Labute approximate surface area is 193 Å². The Balaban J connectivity index is 1.35. The molecule has 0 amide bonds. The van der Waals surface area contributed by atoms with Gasteiger partial charge in [-0.25, -0.2) is 0 Å². The average molecular weight is 437 g/mol. The van der Waals surface area contributed by atoms with Crippen LogP contribution in [0.5, 0.6) is 0 Å². The predicted octanol–water partition coefficient (Wildman–Crippen LogP) is 4.86. The lowest BCUT2D eigenvalue weighted by molar-refractivity contribution is 0.173. The maximum Gasteiger partial charge on any atom is 0.229 e. The van der Waals surface area contributed by atoms with Gasteiger partial charge in [0, 0.05) is 51.9 Å². The van der Waals surface area contributed by atoms with E-state index in [0.717, 1.165) is 56.2 Å². The van der Waals surface area contributed by atoms with Crippen molar-refractivity contribution < 1.29 is 0 Å². The van der Waals surface area contributed by atoms with Crippen molar-refractivity contribution >= 4 is 17.6 Å². The van der Waals surface area contributed by atoms with E-state index in [1.54, 1.807) is 0 Å². The van der Waals surface area contributed by atoms with Crippen molar-refractivity contribution in [3.05, 3.63) is 42.0 Å². The number of hydrogen-bond acceptors (Lipinski definition) is 6. The molecule has 0 radical (unpaired) electrons. The van der Waals surface area contributed by atoms with Crippen LogP contribution in [0.3, 0.4) is 0 Å². The molecule has 2 heterocycles. The molecular formula is C26H40N6. The highest BCUT2D eigenvalue weighted by atomic mass is 15.3. The van der Waals surface area contributed by atoms with Crippen LogP contribution in [0.1, 0.15) is 52.0 Å². The van der Waals surface area contributed by atoms with Crippen LogP contribution in [0.2, 0.25) is 0 Å². The smallest absolute Gasteiger partial charge is 0.229 e. The van der Waals surface area contributed by atoms with E-state index in [1.165, 1.54) is 31.2 Å². The lowest BCUT2D eigenvalue weighted by Crippen LogP contribution is -2.46. The van der Waals surface area contributed by atoms with Crippen LogP contribution in [0.4, 0.5) is 17.6 Å². The molecule has 2 aliphatic rings. The van der Waals surface area contributed by atoms with Crippen molar-refractivity contribution in [2.75, 3.05) is 48.8 Å². The zero-order valence-electron chi connectivity index (χ0n) is 20.3. The zero-order valence-corrected chi connectivity index (χ0v) is 20.3. The third-order valence-electron chi connectivity index (χ3n) is 7.18. The highest BCUT2D eigenvalue weighted by Crippen LogP contribution is 2.38. The lowest BCUT2D eigenvalue weighted by Gasteiger charge is -2.37. The lowest BCUT2D eigenvalue weighted by atomic mass is 9.71. The number of piperazine rings is 1. The van der Waals surface area contributed by atoms with E-state index < -0.39 is 0 Å². The largest absolute Gasteiger partial charge is 0.373 e. The second-order valence-electron chi connectivity index (χ2n) is 10.5. The summed E-state index contributed by atoms with van der Waals surface area (Å²) in [5.74, 6) is 3.49. The maximum absolute atomic E-state index is 4.92. The van der Waals surface area contributed by atoms with E-state index in [1.807, 2.05) is 13.1 Å². The molecular weight excluding hydrogens is 396 g/mol. The Bertz CT molecular complexity index is 846. The summed E-state index contributed by atoms with van der Waals surface area (Å²) < 4.78 is 0. The Kier molecular flexibility index (Phi) is 7.19. The summed E-state index contributed by atoms with van der Waals surface area (Å²) in [5.41, 5.74) is 1.79. The van der Waals surface area contributed by atoms with Crippen LogP contribution in [-0.4, -0.2) is 54.1 Å². The van der Waals surface area contributed by atoms with Gasteiger partial charge in [-0.1, -0.05) is 51.1 Å². The normalized spacial score (nSPS) is 22.6. The van der Waals surface area contributed by atoms with Gasteiger partial charge in [0.1, 0.15) is 11.6 Å². The van der Waals surface area contributed by atoms with Crippen LogP contribution >= 0.6 is 0 Å². The van der Waals surface area contributed by atoms with Gasteiger partial charge in [0.25, 0.3) is 0 Å². The van der Waals surface area contributed by atoms with Gasteiger partial charge < -0.3 is 15.5 Å². The fourth-order valence-corrected chi connectivity index (χ4v) is 5.04. The van der Waals surface area contributed by atoms with Crippen molar-refractivity contribution in [1.82, 2.24) is 14.9 Å². The number of anilines is 3. The molecule has 174 valence electrons. The van der Waals surface area contributed by atoms with E-state index in [2.05, 4.69) is 71.5 Å². The second kappa shape index (κ2) is 10.1. The van der Waals surface area contributed by atoms with Crippen LogP contribution in [0, 0.1) is 11.3 Å². The van der Waals surface area contributed by atoms with Crippen molar-refractivity contribution in [3.8, 4) is 0 Å². The van der Waals surface area contributed by atoms with E-state index in [9.17, 15) is 0 Å². The molecule has 1 saturated carbocycles. The molecule has 0 atom stereocenters. The van der Waals surface area contributed by atoms with Crippen molar-refractivity contribution in [2.24, 2.45) is 11.3 Å². The first kappa shape index (κ1) is 22.8. The van der Waals surface area contributed by atoms with Crippen LogP contribution in [0.25, 0.3) is 0 Å². The summed E-state index contributed by atoms with van der Waals surface area (Å²) in [6.07, 6.45) is 5.02. The molecule has 1 aliphatic carbocycles. The Morgan fingerprint density at radius 3 is 2.19 bits per heavy atom. The third-order valence-corrected chi connectivity index (χ3v) is 7.18. The van der Waals surface area contributed by atoms with Crippen molar-refractivity contribution in [1.29, 1.82) is 0 Å². The summed E-state index contributed by atoms with van der Waals surface area (Å²) in [6, 6.07) is 13.3. The Morgan fingerprint density at radius 2 is 1.56 bits per heavy atom.